The lowest BCUT2D eigenvalue weighted by atomic mass is 10.4. The molecule has 0 bridgehead atoms. The lowest BCUT2D eigenvalue weighted by Gasteiger charge is -2.16. The van der Waals surface area contributed by atoms with Gasteiger partial charge in [0.1, 0.15) is 0 Å². The van der Waals surface area contributed by atoms with Gasteiger partial charge in [-0.05, 0) is 6.42 Å². The number of aryl methyl sites for hydroxylation is 1. The van der Waals surface area contributed by atoms with Gasteiger partial charge in [-0.25, -0.2) is 4.98 Å². The number of anilines is 1. The maximum atomic E-state index is 11.5. The molecule has 0 radical (unpaired) electrons. The van der Waals surface area contributed by atoms with Gasteiger partial charge in [0, 0.05) is 33.0 Å². The Bertz CT molecular complexity index is 332. The summed E-state index contributed by atoms with van der Waals surface area (Å²) < 4.78 is 1.54. The van der Waals surface area contributed by atoms with E-state index >= 15 is 0 Å². The molecule has 1 aromatic heterocycles. The fourth-order valence-electron chi connectivity index (χ4n) is 1.19. The number of hydrogen-bond acceptors (Lipinski definition) is 3. The third-order valence-electron chi connectivity index (χ3n) is 1.92. The van der Waals surface area contributed by atoms with Crippen LogP contribution in [0.3, 0.4) is 0 Å². The van der Waals surface area contributed by atoms with Gasteiger partial charge in [0.25, 0.3) is 5.56 Å². The Labute approximate surface area is 77.8 Å². The summed E-state index contributed by atoms with van der Waals surface area (Å²) in [7, 11) is 3.61. The molecule has 1 rings (SSSR count). The first-order chi connectivity index (χ1) is 6.16. The average molecular weight is 181 g/mol. The summed E-state index contributed by atoms with van der Waals surface area (Å²) in [6, 6.07) is 0. The summed E-state index contributed by atoms with van der Waals surface area (Å²) in [6.45, 7) is 2.93. The van der Waals surface area contributed by atoms with Crippen molar-refractivity contribution in [2.24, 2.45) is 7.05 Å². The first-order valence-electron chi connectivity index (χ1n) is 4.39. The smallest absolute Gasteiger partial charge is 0.293 e. The third kappa shape index (κ3) is 2.08. The Balaban J connectivity index is 3.01. The van der Waals surface area contributed by atoms with Crippen molar-refractivity contribution in [3.8, 4) is 0 Å². The summed E-state index contributed by atoms with van der Waals surface area (Å²) in [5.41, 5.74) is -0.0431. The van der Waals surface area contributed by atoms with Gasteiger partial charge in [-0.3, -0.25) is 4.79 Å². The predicted octanol–water partition coefficient (Wildman–Crippen LogP) is 0.627. The second-order valence-electron chi connectivity index (χ2n) is 3.09. The summed E-state index contributed by atoms with van der Waals surface area (Å²) in [5.74, 6) is 0.520. The maximum absolute atomic E-state index is 11.5. The highest BCUT2D eigenvalue weighted by Crippen LogP contribution is 1.99. The van der Waals surface area contributed by atoms with E-state index in [2.05, 4.69) is 11.9 Å². The van der Waals surface area contributed by atoms with Crippen LogP contribution in [0.1, 0.15) is 13.3 Å². The maximum Gasteiger partial charge on any atom is 0.293 e. The van der Waals surface area contributed by atoms with Gasteiger partial charge in [0.2, 0.25) is 0 Å². The monoisotopic (exact) mass is 181 g/mol. The van der Waals surface area contributed by atoms with Crippen molar-refractivity contribution in [3.05, 3.63) is 22.7 Å². The van der Waals surface area contributed by atoms with Crippen molar-refractivity contribution in [1.29, 1.82) is 0 Å². The predicted molar refractivity (Wildman–Crippen MR) is 53.0 cm³/mol. The largest absolute Gasteiger partial charge is 0.355 e. The second kappa shape index (κ2) is 4.07. The molecule has 1 aromatic rings. The van der Waals surface area contributed by atoms with Gasteiger partial charge < -0.3 is 9.47 Å². The minimum atomic E-state index is -0.0431. The van der Waals surface area contributed by atoms with E-state index in [-0.39, 0.29) is 5.56 Å². The Hall–Kier alpha value is -1.32. The molecule has 0 amide bonds. The van der Waals surface area contributed by atoms with Crippen LogP contribution in [0.25, 0.3) is 0 Å². The van der Waals surface area contributed by atoms with Crippen molar-refractivity contribution in [3.63, 3.8) is 0 Å². The van der Waals surface area contributed by atoms with Crippen LogP contribution in [0.15, 0.2) is 17.2 Å². The van der Waals surface area contributed by atoms with Crippen LogP contribution in [-0.2, 0) is 7.05 Å². The molecule has 0 spiro atoms. The summed E-state index contributed by atoms with van der Waals surface area (Å²) in [5, 5.41) is 0. The molecule has 0 aliphatic heterocycles. The van der Waals surface area contributed by atoms with Gasteiger partial charge in [-0.2, -0.15) is 0 Å². The van der Waals surface area contributed by atoms with E-state index < -0.39 is 0 Å². The summed E-state index contributed by atoms with van der Waals surface area (Å²) in [6.07, 6.45) is 4.31. The lowest BCUT2D eigenvalue weighted by molar-refractivity contribution is 0.785. The number of aromatic nitrogens is 2. The van der Waals surface area contributed by atoms with E-state index in [0.717, 1.165) is 13.0 Å². The molecular weight excluding hydrogens is 166 g/mol. The highest BCUT2D eigenvalue weighted by Gasteiger charge is 2.06. The van der Waals surface area contributed by atoms with Crippen molar-refractivity contribution < 1.29 is 0 Å². The topological polar surface area (TPSA) is 38.1 Å². The van der Waals surface area contributed by atoms with Gasteiger partial charge in [0.15, 0.2) is 5.82 Å². The minimum Gasteiger partial charge on any atom is -0.355 e. The summed E-state index contributed by atoms with van der Waals surface area (Å²) >= 11 is 0. The van der Waals surface area contributed by atoms with E-state index in [1.165, 1.54) is 4.57 Å². The molecule has 1 heterocycles. The number of rotatable bonds is 3. The van der Waals surface area contributed by atoms with Gasteiger partial charge in [-0.1, -0.05) is 6.92 Å². The summed E-state index contributed by atoms with van der Waals surface area (Å²) in [4.78, 5) is 17.5. The Morgan fingerprint density at radius 1 is 1.62 bits per heavy atom. The van der Waals surface area contributed by atoms with E-state index in [1.807, 2.05) is 11.9 Å². The van der Waals surface area contributed by atoms with Crippen LogP contribution < -0.4 is 10.5 Å². The minimum absolute atomic E-state index is 0.0431. The molecule has 0 N–H and O–H groups in total. The molecule has 0 unspecified atom stereocenters. The Morgan fingerprint density at radius 2 is 2.31 bits per heavy atom. The van der Waals surface area contributed by atoms with Crippen molar-refractivity contribution in [2.75, 3.05) is 18.5 Å². The van der Waals surface area contributed by atoms with Crippen molar-refractivity contribution in [1.82, 2.24) is 9.55 Å². The molecule has 0 aromatic carbocycles. The third-order valence-corrected chi connectivity index (χ3v) is 1.92. The quantitative estimate of drug-likeness (QED) is 0.686. The van der Waals surface area contributed by atoms with E-state index in [1.54, 1.807) is 19.4 Å². The first-order valence-corrected chi connectivity index (χ1v) is 4.39. The lowest BCUT2D eigenvalue weighted by Crippen LogP contribution is -2.29. The van der Waals surface area contributed by atoms with E-state index in [0.29, 0.717) is 5.82 Å². The van der Waals surface area contributed by atoms with Crippen LogP contribution in [0.5, 0.6) is 0 Å². The normalized spacial score (nSPS) is 10.1. The van der Waals surface area contributed by atoms with Gasteiger partial charge in [0.05, 0.1) is 0 Å². The molecule has 72 valence electrons. The molecule has 0 aliphatic carbocycles. The van der Waals surface area contributed by atoms with Gasteiger partial charge in [-0.15, -0.1) is 0 Å². The fourth-order valence-corrected chi connectivity index (χ4v) is 1.19. The Kier molecular flexibility index (Phi) is 3.06. The molecule has 4 nitrogen and oxygen atoms in total. The molecular formula is C9H15N3O. The van der Waals surface area contributed by atoms with Crippen molar-refractivity contribution in [2.45, 2.75) is 13.3 Å². The highest BCUT2D eigenvalue weighted by atomic mass is 16.1. The second-order valence-corrected chi connectivity index (χ2v) is 3.09. The standard InChI is InChI=1S/C9H15N3O/c1-4-6-11(2)8-9(13)12(3)7-5-10-8/h5,7H,4,6H2,1-3H3. The first kappa shape index (κ1) is 9.77. The molecule has 0 atom stereocenters. The van der Waals surface area contributed by atoms with Crippen LogP contribution in [0, 0.1) is 0 Å². The zero-order chi connectivity index (χ0) is 9.84. The molecule has 0 fully saturated rings. The van der Waals surface area contributed by atoms with Crippen LogP contribution in [0.2, 0.25) is 0 Å². The molecule has 4 heteroatoms. The number of nitrogens with zero attached hydrogens (tertiary/aromatic N) is 3. The number of hydrogen-bond donors (Lipinski definition) is 0. The van der Waals surface area contributed by atoms with E-state index in [4.69, 9.17) is 0 Å². The molecule has 0 aliphatic rings. The van der Waals surface area contributed by atoms with E-state index in [9.17, 15) is 4.79 Å². The SMILES string of the molecule is CCCN(C)c1nccn(C)c1=O. The van der Waals surface area contributed by atoms with Crippen LogP contribution in [0.4, 0.5) is 5.82 Å². The Morgan fingerprint density at radius 3 is 2.92 bits per heavy atom. The zero-order valence-corrected chi connectivity index (χ0v) is 8.32. The van der Waals surface area contributed by atoms with Gasteiger partial charge >= 0.3 is 0 Å². The molecule has 0 saturated carbocycles. The zero-order valence-electron chi connectivity index (χ0n) is 8.32. The fraction of sp³-hybridized carbons (Fsp3) is 0.556. The molecule has 13 heavy (non-hydrogen) atoms. The van der Waals surface area contributed by atoms with Crippen LogP contribution >= 0.6 is 0 Å². The van der Waals surface area contributed by atoms with Crippen molar-refractivity contribution >= 4 is 5.82 Å². The van der Waals surface area contributed by atoms with Crippen LogP contribution in [-0.4, -0.2) is 23.1 Å². The highest BCUT2D eigenvalue weighted by molar-refractivity contribution is 5.33. The average Bonchev–Trinajstić information content (AvgIpc) is 2.10. The molecule has 0 saturated heterocycles.